The van der Waals surface area contributed by atoms with Crippen molar-refractivity contribution in [2.45, 2.75) is 155 Å². The average Bonchev–Trinajstić information content (AvgIpc) is 2.89. The molecule has 234 valence electrons. The molecule has 0 saturated heterocycles. The van der Waals surface area contributed by atoms with Crippen molar-refractivity contribution in [1.82, 2.24) is 0 Å². The predicted octanol–water partition coefficient (Wildman–Crippen LogP) is 8.61. The summed E-state index contributed by atoms with van der Waals surface area (Å²) in [4.78, 5) is 33.2. The third-order valence-corrected chi connectivity index (χ3v) is 7.96. The number of carboxylic acids is 3. The molecule has 7 nitrogen and oxygen atoms in total. The Morgan fingerprint density at radius 2 is 0.750 bits per heavy atom. The van der Waals surface area contributed by atoms with Gasteiger partial charge in [0, 0.05) is 19.3 Å². The summed E-state index contributed by atoms with van der Waals surface area (Å²) in [6, 6.07) is 0. The number of nitrogens with zero attached hydrogens (tertiary/aromatic N) is 1. The first-order valence-electron chi connectivity index (χ1n) is 16.5. The molecule has 0 aliphatic carbocycles. The molecule has 0 aromatic carbocycles. The molecule has 0 amide bonds. The maximum absolute atomic E-state index is 11.1. The molecule has 0 aliphatic heterocycles. The molecule has 0 heterocycles. The minimum absolute atomic E-state index is 0.0910. The summed E-state index contributed by atoms with van der Waals surface area (Å²) in [5.41, 5.74) is 0. The first-order chi connectivity index (χ1) is 19.3. The smallest absolute Gasteiger partial charge is 0.303 e. The van der Waals surface area contributed by atoms with Gasteiger partial charge >= 0.3 is 17.9 Å². The van der Waals surface area contributed by atoms with Crippen LogP contribution >= 0.6 is 0 Å². The minimum atomic E-state index is -0.825. The molecule has 0 aliphatic rings. The Balaban J connectivity index is 4.13. The second-order valence-corrected chi connectivity index (χ2v) is 11.7. The number of quaternary nitrogens is 1. The molecule has 0 atom stereocenters. The molecule has 0 bridgehead atoms. The van der Waals surface area contributed by atoms with Crippen molar-refractivity contribution in [3.63, 3.8) is 0 Å². The summed E-state index contributed by atoms with van der Waals surface area (Å²) in [5, 5.41) is 27.3. The van der Waals surface area contributed by atoms with Crippen LogP contribution in [0, 0.1) is 0 Å². The van der Waals surface area contributed by atoms with Crippen molar-refractivity contribution in [2.75, 3.05) is 26.2 Å². The van der Waals surface area contributed by atoms with Gasteiger partial charge in [-0.3, -0.25) is 14.4 Å². The van der Waals surface area contributed by atoms with Gasteiger partial charge in [0.2, 0.25) is 0 Å². The Kier molecular flexibility index (Phi) is 26.0. The number of carbonyl (C=O) groups is 3. The Labute approximate surface area is 245 Å². The van der Waals surface area contributed by atoms with E-state index >= 15 is 0 Å². The predicted molar refractivity (Wildman–Crippen MR) is 164 cm³/mol. The number of unbranched alkanes of at least 4 members (excludes halogenated alkanes) is 15. The van der Waals surface area contributed by atoms with E-state index in [2.05, 4.69) is 19.1 Å². The van der Waals surface area contributed by atoms with Crippen molar-refractivity contribution < 1.29 is 34.2 Å². The van der Waals surface area contributed by atoms with Crippen LogP contribution < -0.4 is 0 Å². The van der Waals surface area contributed by atoms with E-state index in [4.69, 9.17) is 15.3 Å². The monoisotopic (exact) mass is 568 g/mol. The zero-order valence-electron chi connectivity index (χ0n) is 25.8. The second-order valence-electron chi connectivity index (χ2n) is 11.7. The summed E-state index contributed by atoms with van der Waals surface area (Å²) in [5.74, 6) is -2.47. The van der Waals surface area contributed by atoms with Crippen LogP contribution in [-0.2, 0) is 14.4 Å². The fourth-order valence-corrected chi connectivity index (χ4v) is 5.59. The minimum Gasteiger partial charge on any atom is -0.481 e. The van der Waals surface area contributed by atoms with Gasteiger partial charge in [-0.1, -0.05) is 89.7 Å². The van der Waals surface area contributed by atoms with Gasteiger partial charge in [0.25, 0.3) is 0 Å². The Morgan fingerprint density at radius 1 is 0.450 bits per heavy atom. The Bertz CT molecular complexity index is 613. The van der Waals surface area contributed by atoms with Gasteiger partial charge in [-0.05, 0) is 38.5 Å². The van der Waals surface area contributed by atoms with Crippen LogP contribution in [0.25, 0.3) is 0 Å². The lowest BCUT2D eigenvalue weighted by atomic mass is 10.0. The molecule has 0 fully saturated rings. The molecule has 0 unspecified atom stereocenters. The summed E-state index contributed by atoms with van der Waals surface area (Å²) in [7, 11) is 0. The molecule has 7 heteroatoms. The van der Waals surface area contributed by atoms with E-state index < -0.39 is 17.9 Å². The van der Waals surface area contributed by atoms with Crippen LogP contribution in [0.3, 0.4) is 0 Å². The highest BCUT2D eigenvalue weighted by molar-refractivity contribution is 5.67. The molecule has 3 N–H and O–H groups in total. The topological polar surface area (TPSA) is 112 Å². The highest BCUT2D eigenvalue weighted by atomic mass is 16.4. The fraction of sp³-hybridized carbons (Fsp3) is 0.848. The van der Waals surface area contributed by atoms with Gasteiger partial charge in [0.15, 0.2) is 0 Å². The normalized spacial score (nSPS) is 11.8. The van der Waals surface area contributed by atoms with Crippen LogP contribution in [0.5, 0.6) is 0 Å². The Hall–Kier alpha value is -1.89. The van der Waals surface area contributed by atoms with Gasteiger partial charge in [0.1, 0.15) is 0 Å². The molecule has 0 spiro atoms. The highest BCUT2D eigenvalue weighted by Crippen LogP contribution is 2.19. The summed E-state index contributed by atoms with van der Waals surface area (Å²) >= 11 is 0. The van der Waals surface area contributed by atoms with E-state index in [1.54, 1.807) is 0 Å². The third-order valence-electron chi connectivity index (χ3n) is 7.96. The molecule has 40 heavy (non-hydrogen) atoms. The standard InChI is InChI=1S/C33H61NO6/c1-2-3-4-5-6-7-8-9-10-11-12-13-14-15-16-17-18-19-20-27-34(28-21-24-31(35)36,29-22-25-32(37)38)30-23-26-33(39)40/h8-9H,2-7,10-30H2,1H3,(H2-,35,36,37,38,39,40)/p+1/b9-8+. The largest absolute Gasteiger partial charge is 0.481 e. The maximum atomic E-state index is 11.1. The van der Waals surface area contributed by atoms with Crippen LogP contribution in [0.1, 0.15) is 155 Å². The Morgan fingerprint density at radius 3 is 1.10 bits per heavy atom. The zero-order valence-corrected chi connectivity index (χ0v) is 25.8. The van der Waals surface area contributed by atoms with Crippen molar-refractivity contribution in [3.05, 3.63) is 12.2 Å². The van der Waals surface area contributed by atoms with Gasteiger partial charge in [-0.2, -0.15) is 0 Å². The molecular formula is C33H62NO6+. The van der Waals surface area contributed by atoms with E-state index in [1.165, 1.54) is 96.3 Å². The number of carboxylic acid groups (broad SMARTS) is 3. The van der Waals surface area contributed by atoms with E-state index in [1.807, 2.05) is 0 Å². The molecule has 0 aromatic heterocycles. The third kappa shape index (κ3) is 26.3. The van der Waals surface area contributed by atoms with Gasteiger partial charge in [0.05, 0.1) is 45.4 Å². The number of aliphatic carboxylic acids is 3. The summed E-state index contributed by atoms with van der Waals surface area (Å²) in [6.07, 6.45) is 28.2. The van der Waals surface area contributed by atoms with Gasteiger partial charge < -0.3 is 19.8 Å². The lowest BCUT2D eigenvalue weighted by molar-refractivity contribution is -0.929. The van der Waals surface area contributed by atoms with Crippen molar-refractivity contribution in [2.24, 2.45) is 0 Å². The van der Waals surface area contributed by atoms with Gasteiger partial charge in [-0.15, -0.1) is 0 Å². The summed E-state index contributed by atoms with van der Waals surface area (Å²) < 4.78 is 0.641. The quantitative estimate of drug-likeness (QED) is 0.0438. The molecule has 0 saturated carbocycles. The zero-order chi connectivity index (χ0) is 29.7. The van der Waals surface area contributed by atoms with Gasteiger partial charge in [-0.25, -0.2) is 0 Å². The molecular weight excluding hydrogens is 506 g/mol. The number of hydrogen-bond donors (Lipinski definition) is 3. The van der Waals surface area contributed by atoms with Crippen LogP contribution in [-0.4, -0.2) is 63.9 Å². The molecule has 0 radical (unpaired) electrons. The van der Waals surface area contributed by atoms with Crippen molar-refractivity contribution >= 4 is 17.9 Å². The van der Waals surface area contributed by atoms with E-state index in [-0.39, 0.29) is 19.3 Å². The lowest BCUT2D eigenvalue weighted by Crippen LogP contribution is -2.51. The van der Waals surface area contributed by atoms with Crippen LogP contribution in [0.15, 0.2) is 12.2 Å². The van der Waals surface area contributed by atoms with Crippen LogP contribution in [0.2, 0.25) is 0 Å². The average molecular weight is 569 g/mol. The fourth-order valence-electron chi connectivity index (χ4n) is 5.59. The van der Waals surface area contributed by atoms with E-state index in [9.17, 15) is 14.4 Å². The first-order valence-corrected chi connectivity index (χ1v) is 16.5. The molecule has 0 aromatic rings. The van der Waals surface area contributed by atoms with Crippen molar-refractivity contribution in [1.29, 1.82) is 0 Å². The lowest BCUT2D eigenvalue weighted by Gasteiger charge is -2.39. The number of rotatable bonds is 31. The van der Waals surface area contributed by atoms with E-state index in [0.717, 1.165) is 19.4 Å². The van der Waals surface area contributed by atoms with Crippen molar-refractivity contribution in [3.8, 4) is 0 Å². The van der Waals surface area contributed by atoms with E-state index in [0.29, 0.717) is 43.4 Å². The second kappa shape index (κ2) is 27.3. The maximum Gasteiger partial charge on any atom is 0.303 e. The first kappa shape index (κ1) is 38.1. The molecule has 0 rings (SSSR count). The summed E-state index contributed by atoms with van der Waals surface area (Å²) in [6.45, 7) is 5.13. The number of allylic oxidation sites excluding steroid dienone is 2. The SMILES string of the molecule is CCCCCCC/C=C/CCCCCCCCCCCC[N+](CCCC(=O)O)(CCCC(=O)O)CCCC(=O)O. The highest BCUT2D eigenvalue weighted by Gasteiger charge is 2.27. The van der Waals surface area contributed by atoms with Crippen LogP contribution in [0.4, 0.5) is 0 Å². The number of hydrogen-bond acceptors (Lipinski definition) is 3.